The minimum atomic E-state index is -3.75. The molecule has 142 valence electrons. The molecule has 1 aliphatic rings. The number of hydrogen-bond donors (Lipinski definition) is 0. The molecule has 1 aromatic heterocycles. The van der Waals surface area contributed by atoms with Gasteiger partial charge >= 0.3 is 0 Å². The van der Waals surface area contributed by atoms with Crippen molar-refractivity contribution in [3.63, 3.8) is 0 Å². The SMILES string of the molecule is O=COc1ccc(C2CCc3c(cc(F)c(F)c3OC=O)C2(F)F)nc1F. The van der Waals surface area contributed by atoms with E-state index < -0.39 is 46.5 Å². The minimum Gasteiger partial charge on any atom is -0.425 e. The number of halogens is 5. The Morgan fingerprint density at radius 3 is 2.44 bits per heavy atom. The summed E-state index contributed by atoms with van der Waals surface area (Å²) in [7, 11) is 0. The average Bonchev–Trinajstić information content (AvgIpc) is 2.62. The fourth-order valence-corrected chi connectivity index (χ4v) is 3.12. The Morgan fingerprint density at radius 1 is 1.11 bits per heavy atom. The van der Waals surface area contributed by atoms with E-state index in [1.165, 1.54) is 0 Å². The van der Waals surface area contributed by atoms with Crippen molar-refractivity contribution in [2.75, 3.05) is 0 Å². The average molecular weight is 387 g/mol. The summed E-state index contributed by atoms with van der Waals surface area (Å²) in [6.45, 7) is -0.234. The molecule has 3 rings (SSSR count). The lowest BCUT2D eigenvalue weighted by molar-refractivity contribution is -0.121. The molecule has 0 saturated carbocycles. The minimum absolute atomic E-state index is 0.0445. The number of carbonyl (C=O) groups excluding carboxylic acids is 2. The van der Waals surface area contributed by atoms with Crippen LogP contribution >= 0.6 is 0 Å². The Bertz CT molecular complexity index is 919. The summed E-state index contributed by atoms with van der Waals surface area (Å²) in [6.07, 6.45) is -0.494. The van der Waals surface area contributed by atoms with E-state index in [9.17, 15) is 31.5 Å². The Morgan fingerprint density at radius 2 is 1.81 bits per heavy atom. The quantitative estimate of drug-likeness (QED) is 0.447. The number of alkyl halides is 2. The van der Waals surface area contributed by atoms with Crippen molar-refractivity contribution in [3.8, 4) is 11.5 Å². The lowest BCUT2D eigenvalue weighted by Gasteiger charge is -2.33. The van der Waals surface area contributed by atoms with Gasteiger partial charge in [-0.2, -0.15) is 8.78 Å². The first-order chi connectivity index (χ1) is 12.8. The van der Waals surface area contributed by atoms with E-state index in [0.717, 1.165) is 12.1 Å². The van der Waals surface area contributed by atoms with E-state index in [1.807, 2.05) is 0 Å². The van der Waals surface area contributed by atoms with Crippen LogP contribution in [0.15, 0.2) is 18.2 Å². The standard InChI is InChI=1S/C17H10F5NO4/c18-11-5-10-8(15(14(11)19)27-7-25)1-2-9(17(10,21)22)12-3-4-13(26-6-24)16(20)23-12/h3-7,9H,1-2H2. The molecule has 0 aliphatic heterocycles. The predicted octanol–water partition coefficient (Wildman–Crippen LogP) is 3.39. The van der Waals surface area contributed by atoms with Gasteiger partial charge in [-0.1, -0.05) is 0 Å². The molecule has 2 aromatic rings. The number of rotatable bonds is 5. The molecular weight excluding hydrogens is 377 g/mol. The van der Waals surface area contributed by atoms with Crippen LogP contribution in [-0.2, 0) is 21.9 Å². The zero-order valence-corrected chi connectivity index (χ0v) is 13.3. The van der Waals surface area contributed by atoms with E-state index in [2.05, 4.69) is 14.5 Å². The number of aromatic nitrogens is 1. The van der Waals surface area contributed by atoms with Gasteiger partial charge in [0.15, 0.2) is 17.3 Å². The third kappa shape index (κ3) is 3.11. The summed E-state index contributed by atoms with van der Waals surface area (Å²) in [6, 6.07) is 2.34. The third-order valence-corrected chi connectivity index (χ3v) is 4.29. The lowest BCUT2D eigenvalue weighted by atomic mass is 9.78. The van der Waals surface area contributed by atoms with Crippen molar-refractivity contribution in [2.45, 2.75) is 24.7 Å². The molecule has 0 radical (unpaired) electrons. The van der Waals surface area contributed by atoms with Gasteiger partial charge in [0.1, 0.15) is 0 Å². The van der Waals surface area contributed by atoms with Crippen LogP contribution in [-0.4, -0.2) is 17.9 Å². The predicted molar refractivity (Wildman–Crippen MR) is 78.9 cm³/mol. The normalized spacial score (nSPS) is 17.7. The van der Waals surface area contributed by atoms with Crippen LogP contribution in [0.1, 0.15) is 29.2 Å². The summed E-state index contributed by atoms with van der Waals surface area (Å²) >= 11 is 0. The molecule has 1 unspecified atom stereocenters. The van der Waals surface area contributed by atoms with E-state index in [1.54, 1.807) is 0 Å². The first-order valence-electron chi connectivity index (χ1n) is 7.57. The molecule has 0 bridgehead atoms. The van der Waals surface area contributed by atoms with Gasteiger partial charge in [-0.3, -0.25) is 9.59 Å². The molecule has 1 atom stereocenters. The lowest BCUT2D eigenvalue weighted by Crippen LogP contribution is -2.31. The van der Waals surface area contributed by atoms with E-state index in [0.29, 0.717) is 6.07 Å². The van der Waals surface area contributed by atoms with Crippen LogP contribution in [0.5, 0.6) is 11.5 Å². The molecule has 5 nitrogen and oxygen atoms in total. The van der Waals surface area contributed by atoms with Crippen molar-refractivity contribution in [3.05, 3.63) is 52.6 Å². The third-order valence-electron chi connectivity index (χ3n) is 4.29. The molecule has 27 heavy (non-hydrogen) atoms. The Balaban J connectivity index is 2.08. The van der Waals surface area contributed by atoms with Gasteiger partial charge < -0.3 is 9.47 Å². The topological polar surface area (TPSA) is 65.5 Å². The highest BCUT2D eigenvalue weighted by atomic mass is 19.3. The second-order valence-corrected chi connectivity index (χ2v) is 5.70. The number of carbonyl (C=O) groups is 2. The monoisotopic (exact) mass is 387 g/mol. The number of ether oxygens (including phenoxy) is 2. The highest BCUT2D eigenvalue weighted by Gasteiger charge is 2.49. The first kappa shape index (κ1) is 18.7. The summed E-state index contributed by atoms with van der Waals surface area (Å²) < 4.78 is 80.0. The number of nitrogens with zero attached hydrogens (tertiary/aromatic N) is 1. The summed E-state index contributed by atoms with van der Waals surface area (Å²) in [5.74, 6) is -11.3. The number of benzene rings is 1. The van der Waals surface area contributed by atoms with Crippen LogP contribution in [0.3, 0.4) is 0 Å². The van der Waals surface area contributed by atoms with Crippen LogP contribution < -0.4 is 9.47 Å². The Hall–Kier alpha value is -3.04. The fourth-order valence-electron chi connectivity index (χ4n) is 3.12. The summed E-state index contributed by atoms with van der Waals surface area (Å²) in [4.78, 5) is 24.2. The van der Waals surface area contributed by atoms with Gasteiger partial charge in [-0.05, 0) is 31.0 Å². The van der Waals surface area contributed by atoms with Gasteiger partial charge in [-0.15, -0.1) is 0 Å². The van der Waals surface area contributed by atoms with E-state index in [4.69, 9.17) is 0 Å². The van der Waals surface area contributed by atoms with Crippen molar-refractivity contribution < 1.29 is 41.0 Å². The van der Waals surface area contributed by atoms with E-state index >= 15 is 0 Å². The van der Waals surface area contributed by atoms with Gasteiger partial charge in [-0.25, -0.2) is 18.2 Å². The molecule has 1 aliphatic carbocycles. The maximum absolute atomic E-state index is 15.0. The van der Waals surface area contributed by atoms with Crippen molar-refractivity contribution in [1.29, 1.82) is 0 Å². The molecule has 0 N–H and O–H groups in total. The highest BCUT2D eigenvalue weighted by molar-refractivity contribution is 5.54. The maximum atomic E-state index is 15.0. The van der Waals surface area contributed by atoms with Crippen molar-refractivity contribution >= 4 is 12.9 Å². The largest absolute Gasteiger partial charge is 0.425 e. The summed E-state index contributed by atoms with van der Waals surface area (Å²) in [5.41, 5.74) is -1.57. The second-order valence-electron chi connectivity index (χ2n) is 5.70. The van der Waals surface area contributed by atoms with Gasteiger partial charge in [0.25, 0.3) is 24.8 Å². The smallest absolute Gasteiger partial charge is 0.298 e. The molecular formula is C17H10F5NO4. The first-order valence-corrected chi connectivity index (χ1v) is 7.57. The zero-order chi connectivity index (χ0) is 19.8. The van der Waals surface area contributed by atoms with Gasteiger partial charge in [0, 0.05) is 11.1 Å². The molecule has 0 amide bonds. The molecule has 0 fully saturated rings. The fraction of sp³-hybridized carbons (Fsp3) is 0.235. The molecule has 0 spiro atoms. The summed E-state index contributed by atoms with van der Waals surface area (Å²) in [5, 5.41) is 0. The van der Waals surface area contributed by atoms with Crippen LogP contribution in [0.25, 0.3) is 0 Å². The van der Waals surface area contributed by atoms with Crippen molar-refractivity contribution in [1.82, 2.24) is 4.98 Å². The van der Waals surface area contributed by atoms with E-state index in [-0.39, 0.29) is 37.0 Å². The number of fused-ring (bicyclic) bond motifs is 1. The number of pyridine rings is 1. The molecule has 10 heteroatoms. The second kappa shape index (κ2) is 6.93. The van der Waals surface area contributed by atoms with Crippen molar-refractivity contribution in [2.24, 2.45) is 0 Å². The van der Waals surface area contributed by atoms with Gasteiger partial charge in [0.05, 0.1) is 11.6 Å². The Labute approximate surface area is 148 Å². The maximum Gasteiger partial charge on any atom is 0.298 e. The molecule has 1 aromatic carbocycles. The van der Waals surface area contributed by atoms with Gasteiger partial charge in [0.2, 0.25) is 5.82 Å². The molecule has 0 saturated heterocycles. The highest BCUT2D eigenvalue weighted by Crippen LogP contribution is 2.51. The van der Waals surface area contributed by atoms with Crippen LogP contribution in [0.2, 0.25) is 0 Å². The zero-order valence-electron chi connectivity index (χ0n) is 13.3. The molecule has 1 heterocycles. The Kier molecular flexibility index (Phi) is 4.81. The number of hydrogen-bond acceptors (Lipinski definition) is 5. The van der Waals surface area contributed by atoms with Crippen LogP contribution in [0, 0.1) is 17.6 Å². The van der Waals surface area contributed by atoms with Crippen LogP contribution in [0.4, 0.5) is 22.0 Å².